The average Bonchev–Trinajstić information content (AvgIpc) is 2.73. The predicted octanol–water partition coefficient (Wildman–Crippen LogP) is 7.55. The van der Waals surface area contributed by atoms with Crippen LogP contribution in [0.3, 0.4) is 0 Å². The minimum atomic E-state index is -0.438. The standard InChI is InChI=1S/C28H49NO2/c1-10-13-14-15-16-25(26(30)29-20-21(4)5)31-24-18-17-22(27(6,7)11-2)19-23(24)28(8,9)12-3/h17-19,21,25H,10-16,20H2,1-9H3,(H,29,30). The number of nitrogens with one attached hydrogen (secondary N) is 1. The zero-order valence-corrected chi connectivity index (χ0v) is 21.9. The highest BCUT2D eigenvalue weighted by atomic mass is 16.5. The van der Waals surface area contributed by atoms with Crippen LogP contribution in [0.15, 0.2) is 18.2 Å². The number of rotatable bonds is 14. The zero-order chi connectivity index (χ0) is 23.7. The maximum absolute atomic E-state index is 13.0. The molecule has 0 heterocycles. The summed E-state index contributed by atoms with van der Waals surface area (Å²) in [6.45, 7) is 20.7. The van der Waals surface area contributed by atoms with Gasteiger partial charge in [-0.15, -0.1) is 0 Å². The zero-order valence-electron chi connectivity index (χ0n) is 21.9. The third-order valence-corrected chi connectivity index (χ3v) is 6.82. The van der Waals surface area contributed by atoms with Crippen molar-refractivity contribution in [3.8, 4) is 5.75 Å². The Morgan fingerprint density at radius 1 is 0.968 bits per heavy atom. The Morgan fingerprint density at radius 2 is 1.61 bits per heavy atom. The summed E-state index contributed by atoms with van der Waals surface area (Å²) in [7, 11) is 0. The highest BCUT2D eigenvalue weighted by molar-refractivity contribution is 5.81. The van der Waals surface area contributed by atoms with Crippen molar-refractivity contribution >= 4 is 5.91 Å². The van der Waals surface area contributed by atoms with E-state index in [9.17, 15) is 4.79 Å². The minimum absolute atomic E-state index is 0.0171. The Morgan fingerprint density at radius 3 is 2.16 bits per heavy atom. The largest absolute Gasteiger partial charge is 0.480 e. The van der Waals surface area contributed by atoms with Gasteiger partial charge in [0.1, 0.15) is 5.75 Å². The third kappa shape index (κ3) is 8.50. The summed E-state index contributed by atoms with van der Waals surface area (Å²) in [5, 5.41) is 3.10. The first-order chi connectivity index (χ1) is 14.5. The highest BCUT2D eigenvalue weighted by Crippen LogP contribution is 2.39. The van der Waals surface area contributed by atoms with Crippen LogP contribution in [0.5, 0.6) is 5.75 Å². The van der Waals surface area contributed by atoms with Gasteiger partial charge in [0.25, 0.3) is 5.91 Å². The second kappa shape index (κ2) is 12.5. The van der Waals surface area contributed by atoms with Gasteiger partial charge in [-0.1, -0.05) is 93.7 Å². The van der Waals surface area contributed by atoms with Crippen LogP contribution in [0.2, 0.25) is 0 Å². The van der Waals surface area contributed by atoms with Crippen LogP contribution in [0.1, 0.15) is 118 Å². The first-order valence-corrected chi connectivity index (χ1v) is 12.6. The van der Waals surface area contributed by atoms with Crippen LogP contribution >= 0.6 is 0 Å². The number of unbranched alkanes of at least 4 members (excludes halogenated alkanes) is 3. The van der Waals surface area contributed by atoms with Crippen molar-refractivity contribution in [3.05, 3.63) is 29.3 Å². The van der Waals surface area contributed by atoms with E-state index >= 15 is 0 Å². The normalized spacial score (nSPS) is 13.4. The van der Waals surface area contributed by atoms with Gasteiger partial charge in [0, 0.05) is 12.1 Å². The molecule has 0 fully saturated rings. The molecule has 1 aromatic carbocycles. The maximum Gasteiger partial charge on any atom is 0.261 e. The molecule has 1 rings (SSSR count). The summed E-state index contributed by atoms with van der Waals surface area (Å²) in [6.07, 6.45) is 6.97. The lowest BCUT2D eigenvalue weighted by atomic mass is 9.76. The van der Waals surface area contributed by atoms with Crippen molar-refractivity contribution in [2.45, 2.75) is 124 Å². The molecule has 0 saturated carbocycles. The summed E-state index contributed by atoms with van der Waals surface area (Å²) in [4.78, 5) is 13.0. The fourth-order valence-corrected chi connectivity index (χ4v) is 3.55. The van der Waals surface area contributed by atoms with Gasteiger partial charge < -0.3 is 10.1 Å². The molecule has 178 valence electrons. The van der Waals surface area contributed by atoms with E-state index in [-0.39, 0.29) is 16.7 Å². The molecule has 0 aliphatic carbocycles. The second-order valence-electron chi connectivity index (χ2n) is 10.8. The fourth-order valence-electron chi connectivity index (χ4n) is 3.55. The van der Waals surface area contributed by atoms with E-state index < -0.39 is 6.10 Å². The van der Waals surface area contributed by atoms with E-state index in [0.29, 0.717) is 12.5 Å². The van der Waals surface area contributed by atoms with Crippen molar-refractivity contribution in [2.24, 2.45) is 5.92 Å². The molecule has 0 aliphatic heterocycles. The van der Waals surface area contributed by atoms with Crippen molar-refractivity contribution in [3.63, 3.8) is 0 Å². The van der Waals surface area contributed by atoms with E-state index in [1.807, 2.05) is 0 Å². The van der Waals surface area contributed by atoms with E-state index in [1.165, 1.54) is 24.0 Å². The lowest BCUT2D eigenvalue weighted by Gasteiger charge is -2.31. The molecule has 0 aliphatic rings. The Balaban J connectivity index is 3.24. The van der Waals surface area contributed by atoms with Crippen LogP contribution in [0.4, 0.5) is 0 Å². The molecule has 1 aromatic rings. The molecule has 1 atom stereocenters. The van der Waals surface area contributed by atoms with Gasteiger partial charge in [-0.05, 0) is 54.1 Å². The Labute approximate surface area is 192 Å². The van der Waals surface area contributed by atoms with Crippen molar-refractivity contribution in [2.75, 3.05) is 6.54 Å². The number of ether oxygens (including phenoxy) is 1. The van der Waals surface area contributed by atoms with Crippen molar-refractivity contribution in [1.82, 2.24) is 5.32 Å². The predicted molar refractivity (Wildman–Crippen MR) is 134 cm³/mol. The quantitative estimate of drug-likeness (QED) is 0.309. The number of hydrogen-bond donors (Lipinski definition) is 1. The SMILES string of the molecule is CCCCCCC(Oc1ccc(C(C)(C)CC)cc1C(C)(C)CC)C(=O)NCC(C)C. The minimum Gasteiger partial charge on any atom is -0.480 e. The first kappa shape index (κ1) is 27.5. The molecule has 3 nitrogen and oxygen atoms in total. The molecule has 31 heavy (non-hydrogen) atoms. The number of amides is 1. The Kier molecular flexibility index (Phi) is 11.1. The van der Waals surface area contributed by atoms with E-state index in [0.717, 1.165) is 37.9 Å². The van der Waals surface area contributed by atoms with E-state index in [4.69, 9.17) is 4.74 Å². The van der Waals surface area contributed by atoms with Gasteiger partial charge in [-0.25, -0.2) is 0 Å². The monoisotopic (exact) mass is 431 g/mol. The van der Waals surface area contributed by atoms with Crippen LogP contribution in [-0.4, -0.2) is 18.6 Å². The summed E-state index contributed by atoms with van der Waals surface area (Å²) >= 11 is 0. The molecule has 0 spiro atoms. The van der Waals surface area contributed by atoms with Gasteiger partial charge in [-0.2, -0.15) is 0 Å². The number of carbonyl (C=O) groups excluding carboxylic acids is 1. The molecule has 1 amide bonds. The maximum atomic E-state index is 13.0. The Hall–Kier alpha value is -1.51. The van der Waals surface area contributed by atoms with E-state index in [1.54, 1.807) is 0 Å². The van der Waals surface area contributed by atoms with Crippen LogP contribution in [0.25, 0.3) is 0 Å². The molecule has 0 aromatic heterocycles. The third-order valence-electron chi connectivity index (χ3n) is 6.82. The van der Waals surface area contributed by atoms with Crippen LogP contribution in [0, 0.1) is 5.92 Å². The molecule has 3 heteroatoms. The van der Waals surface area contributed by atoms with Crippen molar-refractivity contribution in [1.29, 1.82) is 0 Å². The summed E-state index contributed by atoms with van der Waals surface area (Å²) < 4.78 is 6.50. The number of carbonyl (C=O) groups is 1. The molecular weight excluding hydrogens is 382 g/mol. The molecular formula is C28H49NO2. The highest BCUT2D eigenvalue weighted by Gasteiger charge is 2.29. The van der Waals surface area contributed by atoms with E-state index in [2.05, 4.69) is 85.8 Å². The number of benzene rings is 1. The van der Waals surface area contributed by atoms with Gasteiger partial charge in [0.15, 0.2) is 6.10 Å². The average molecular weight is 432 g/mol. The van der Waals surface area contributed by atoms with Crippen LogP contribution in [-0.2, 0) is 15.6 Å². The first-order valence-electron chi connectivity index (χ1n) is 12.6. The smallest absolute Gasteiger partial charge is 0.261 e. The lowest BCUT2D eigenvalue weighted by Crippen LogP contribution is -2.40. The summed E-state index contributed by atoms with van der Waals surface area (Å²) in [6, 6.07) is 6.62. The topological polar surface area (TPSA) is 38.3 Å². The summed E-state index contributed by atoms with van der Waals surface area (Å²) in [5.74, 6) is 1.31. The molecule has 1 unspecified atom stereocenters. The molecule has 1 N–H and O–H groups in total. The van der Waals surface area contributed by atoms with Gasteiger partial charge in [0.05, 0.1) is 0 Å². The van der Waals surface area contributed by atoms with Gasteiger partial charge in [-0.3, -0.25) is 4.79 Å². The molecule has 0 bridgehead atoms. The fraction of sp³-hybridized carbons (Fsp3) is 0.750. The Bertz CT molecular complexity index is 676. The lowest BCUT2D eigenvalue weighted by molar-refractivity contribution is -0.128. The van der Waals surface area contributed by atoms with Crippen molar-refractivity contribution < 1.29 is 9.53 Å². The molecule has 0 saturated heterocycles. The van der Waals surface area contributed by atoms with Gasteiger partial charge >= 0.3 is 0 Å². The van der Waals surface area contributed by atoms with Gasteiger partial charge in [0.2, 0.25) is 0 Å². The summed E-state index contributed by atoms with van der Waals surface area (Å²) in [5.41, 5.74) is 2.65. The van der Waals surface area contributed by atoms with Crippen LogP contribution < -0.4 is 10.1 Å². The number of hydrogen-bond acceptors (Lipinski definition) is 2. The molecule has 0 radical (unpaired) electrons. The second-order valence-corrected chi connectivity index (χ2v) is 10.8.